The summed E-state index contributed by atoms with van der Waals surface area (Å²) in [7, 11) is 0. The number of ketones is 1. The van der Waals surface area contributed by atoms with E-state index in [1.807, 2.05) is 22.6 Å². The van der Waals surface area contributed by atoms with E-state index < -0.39 is 28.4 Å². The number of aromatic carboxylic acids is 1. The van der Waals surface area contributed by atoms with E-state index in [0.717, 1.165) is 23.9 Å². The van der Waals surface area contributed by atoms with E-state index in [2.05, 4.69) is 0 Å². The summed E-state index contributed by atoms with van der Waals surface area (Å²) in [5.41, 5.74) is -0.133. The van der Waals surface area contributed by atoms with Crippen LogP contribution < -0.4 is 0 Å². The van der Waals surface area contributed by atoms with Crippen molar-refractivity contribution in [3.63, 3.8) is 0 Å². The van der Waals surface area contributed by atoms with Crippen molar-refractivity contribution in [2.24, 2.45) is 0 Å². The lowest BCUT2D eigenvalue weighted by Gasteiger charge is -2.12. The second-order valence-electron chi connectivity index (χ2n) is 7.26. The number of rotatable bonds is 8. The number of thioether (sulfide) groups is 1. The number of nitro groups is 1. The molecule has 0 aliphatic carbocycles. The van der Waals surface area contributed by atoms with Crippen LogP contribution in [0.3, 0.4) is 0 Å². The van der Waals surface area contributed by atoms with Crippen LogP contribution in [-0.2, 0) is 11.9 Å². The molecule has 0 atom stereocenters. The number of carbonyl (C=O) groups is 2. The SMILES string of the molecule is O=C(O)c1ccc(C(=O)C(SCc2ccc(C(F)(F)F)cc2)=C(I)c2ccc(Cl)c([N+](=O)[O-])c2)cc1. The Balaban J connectivity index is 2.01. The van der Waals surface area contributed by atoms with E-state index in [-0.39, 0.29) is 32.5 Å². The molecular weight excluding hydrogens is 634 g/mol. The van der Waals surface area contributed by atoms with Crippen LogP contribution in [0.5, 0.6) is 0 Å². The molecule has 36 heavy (non-hydrogen) atoms. The zero-order valence-electron chi connectivity index (χ0n) is 17.9. The van der Waals surface area contributed by atoms with Gasteiger partial charge in [0.1, 0.15) is 5.02 Å². The number of halogens is 5. The second-order valence-corrected chi connectivity index (χ2v) is 9.73. The second kappa shape index (κ2) is 11.4. The maximum Gasteiger partial charge on any atom is 0.416 e. The summed E-state index contributed by atoms with van der Waals surface area (Å²) in [6.07, 6.45) is -4.48. The molecule has 3 aromatic carbocycles. The number of Topliss-reactive ketones (excluding diaryl/α,β-unsaturated/α-hetero) is 1. The smallest absolute Gasteiger partial charge is 0.416 e. The first-order valence-electron chi connectivity index (χ1n) is 9.89. The molecule has 186 valence electrons. The number of benzene rings is 3. The fourth-order valence-corrected chi connectivity index (χ4v) is 5.22. The molecule has 3 aromatic rings. The third kappa shape index (κ3) is 6.65. The monoisotopic (exact) mass is 647 g/mol. The first-order valence-corrected chi connectivity index (χ1v) is 12.3. The molecule has 0 heterocycles. The molecule has 6 nitrogen and oxygen atoms in total. The lowest BCUT2D eigenvalue weighted by molar-refractivity contribution is -0.384. The number of carboxylic acids is 1. The Morgan fingerprint density at radius 1 is 0.972 bits per heavy atom. The predicted molar refractivity (Wildman–Crippen MR) is 140 cm³/mol. The summed E-state index contributed by atoms with van der Waals surface area (Å²) in [4.78, 5) is 35.4. The summed E-state index contributed by atoms with van der Waals surface area (Å²) >= 11 is 8.81. The highest BCUT2D eigenvalue weighted by Gasteiger charge is 2.30. The molecule has 1 N–H and O–H groups in total. The standard InChI is InChI=1S/C24H14ClF3INO5S/c25-18-10-7-16(11-19(18)30(34)35)20(29)22(21(31)14-3-5-15(6-4-14)23(32)33)36-12-13-1-8-17(9-2-13)24(26,27)28/h1-11H,12H2,(H,32,33). The first-order chi connectivity index (χ1) is 16.9. The lowest BCUT2D eigenvalue weighted by atomic mass is 10.1. The predicted octanol–water partition coefficient (Wildman–Crippen LogP) is 7.89. The van der Waals surface area contributed by atoms with Crippen LogP contribution in [-0.4, -0.2) is 21.8 Å². The van der Waals surface area contributed by atoms with Gasteiger partial charge in [-0.2, -0.15) is 13.2 Å². The van der Waals surface area contributed by atoms with Gasteiger partial charge in [0.2, 0.25) is 0 Å². The van der Waals surface area contributed by atoms with Gasteiger partial charge in [-0.15, -0.1) is 11.8 Å². The number of alkyl halides is 3. The summed E-state index contributed by atoms with van der Waals surface area (Å²) in [6.45, 7) is 0. The van der Waals surface area contributed by atoms with Crippen molar-refractivity contribution in [2.75, 3.05) is 0 Å². The average molecular weight is 648 g/mol. The van der Waals surface area contributed by atoms with E-state index in [1.165, 1.54) is 54.6 Å². The molecule has 0 aliphatic heterocycles. The number of nitrogens with zero attached hydrogens (tertiary/aromatic N) is 1. The van der Waals surface area contributed by atoms with Crippen LogP contribution in [0.1, 0.15) is 37.4 Å². The highest BCUT2D eigenvalue weighted by Crippen LogP contribution is 2.39. The number of hydrogen-bond donors (Lipinski definition) is 1. The quantitative estimate of drug-likeness (QED) is 0.0878. The Morgan fingerprint density at radius 2 is 1.53 bits per heavy atom. The molecular formula is C24H14ClF3INO5S. The number of carbonyl (C=O) groups excluding carboxylic acids is 1. The molecule has 0 unspecified atom stereocenters. The van der Waals surface area contributed by atoms with Crippen LogP contribution in [0.15, 0.2) is 71.6 Å². The van der Waals surface area contributed by atoms with Gasteiger partial charge in [0.05, 0.1) is 21.0 Å². The van der Waals surface area contributed by atoms with E-state index >= 15 is 0 Å². The van der Waals surface area contributed by atoms with Crippen molar-refractivity contribution >= 4 is 67.0 Å². The normalized spacial score (nSPS) is 12.1. The molecule has 0 fully saturated rings. The van der Waals surface area contributed by atoms with Gasteiger partial charge < -0.3 is 5.11 Å². The highest BCUT2D eigenvalue weighted by atomic mass is 127. The van der Waals surface area contributed by atoms with Gasteiger partial charge in [0.25, 0.3) is 5.69 Å². The summed E-state index contributed by atoms with van der Waals surface area (Å²) in [5.74, 6) is -1.51. The maximum absolute atomic E-state index is 13.4. The van der Waals surface area contributed by atoms with Crippen LogP contribution in [0.25, 0.3) is 3.58 Å². The fraction of sp³-hybridized carbons (Fsp3) is 0.0833. The molecule has 0 amide bonds. The number of hydrogen-bond acceptors (Lipinski definition) is 5. The molecule has 0 saturated carbocycles. The molecule has 0 saturated heterocycles. The minimum atomic E-state index is -4.48. The fourth-order valence-electron chi connectivity index (χ4n) is 2.99. The Morgan fingerprint density at radius 3 is 2.06 bits per heavy atom. The third-order valence-electron chi connectivity index (χ3n) is 4.86. The van der Waals surface area contributed by atoms with Gasteiger partial charge in [-0.25, -0.2) is 4.79 Å². The zero-order valence-corrected chi connectivity index (χ0v) is 21.6. The molecule has 3 rings (SSSR count). The maximum atomic E-state index is 13.4. The summed E-state index contributed by atoms with van der Waals surface area (Å²) < 4.78 is 39.0. The van der Waals surface area contributed by atoms with E-state index in [1.54, 1.807) is 0 Å². The average Bonchev–Trinajstić information content (AvgIpc) is 2.83. The minimum Gasteiger partial charge on any atom is -0.478 e. The summed E-state index contributed by atoms with van der Waals surface area (Å²) in [6, 6.07) is 13.8. The molecule has 12 heteroatoms. The van der Waals surface area contributed by atoms with Crippen molar-refractivity contribution in [3.8, 4) is 0 Å². The van der Waals surface area contributed by atoms with Gasteiger partial charge in [-0.1, -0.05) is 41.9 Å². The molecule has 0 aliphatic rings. The van der Waals surface area contributed by atoms with Crippen LogP contribution >= 0.6 is 46.0 Å². The van der Waals surface area contributed by atoms with Crippen LogP contribution in [0.4, 0.5) is 18.9 Å². The number of nitro benzene ring substituents is 1. The van der Waals surface area contributed by atoms with E-state index in [0.29, 0.717) is 14.7 Å². The topological polar surface area (TPSA) is 97.5 Å². The first kappa shape index (κ1) is 27.7. The Hall–Kier alpha value is -2.90. The van der Waals surface area contributed by atoms with Gasteiger partial charge >= 0.3 is 12.1 Å². The summed E-state index contributed by atoms with van der Waals surface area (Å²) in [5, 5.41) is 20.3. The van der Waals surface area contributed by atoms with Gasteiger partial charge in [-0.05, 0) is 64.0 Å². The Labute approximate surface area is 225 Å². The van der Waals surface area contributed by atoms with Crippen molar-refractivity contribution in [1.82, 2.24) is 0 Å². The Bertz CT molecular complexity index is 1360. The molecule has 0 spiro atoms. The van der Waals surface area contributed by atoms with Crippen molar-refractivity contribution in [1.29, 1.82) is 0 Å². The highest BCUT2D eigenvalue weighted by molar-refractivity contribution is 14.1. The third-order valence-corrected chi connectivity index (χ3v) is 7.86. The minimum absolute atomic E-state index is 0.0162. The lowest BCUT2D eigenvalue weighted by Crippen LogP contribution is -2.05. The van der Waals surface area contributed by atoms with Crippen LogP contribution in [0, 0.1) is 10.1 Å². The van der Waals surface area contributed by atoms with Crippen LogP contribution in [0.2, 0.25) is 5.02 Å². The van der Waals surface area contributed by atoms with Gasteiger partial charge in [0.15, 0.2) is 5.78 Å². The van der Waals surface area contributed by atoms with E-state index in [4.69, 9.17) is 16.7 Å². The molecule has 0 bridgehead atoms. The van der Waals surface area contributed by atoms with Crippen molar-refractivity contribution in [3.05, 3.63) is 115 Å². The van der Waals surface area contributed by atoms with E-state index in [9.17, 15) is 32.9 Å². The Kier molecular flexibility index (Phi) is 8.80. The largest absolute Gasteiger partial charge is 0.478 e. The molecule has 0 aromatic heterocycles. The van der Waals surface area contributed by atoms with Gasteiger partial charge in [-0.3, -0.25) is 14.9 Å². The van der Waals surface area contributed by atoms with Crippen molar-refractivity contribution in [2.45, 2.75) is 11.9 Å². The zero-order chi connectivity index (χ0) is 26.6. The molecule has 0 radical (unpaired) electrons. The van der Waals surface area contributed by atoms with Gasteiger partial charge in [0, 0.05) is 21.0 Å². The number of carboxylic acid groups (broad SMARTS) is 1. The number of allylic oxidation sites excluding steroid dienone is 1. The van der Waals surface area contributed by atoms with Crippen molar-refractivity contribution < 1.29 is 32.8 Å².